The van der Waals surface area contributed by atoms with Crippen LogP contribution in [-0.4, -0.2) is 96.8 Å². The molecule has 0 heterocycles. The van der Waals surface area contributed by atoms with Gasteiger partial charge < -0.3 is 30.0 Å². The van der Waals surface area contributed by atoms with Crippen molar-refractivity contribution in [3.8, 4) is 0 Å². The van der Waals surface area contributed by atoms with E-state index in [1.54, 1.807) is 0 Å². The van der Waals surface area contributed by atoms with Crippen LogP contribution in [0.15, 0.2) is 16.8 Å². The smallest absolute Gasteiger partial charge is 0.414 e. The number of aliphatic carboxylic acids is 2. The van der Waals surface area contributed by atoms with Crippen LogP contribution in [0.1, 0.15) is 45.4 Å². The molecule has 2 rings (SSSR count). The summed E-state index contributed by atoms with van der Waals surface area (Å²) in [5.41, 5.74) is 0.761. The number of fused-ring (bicyclic) bond motifs is 1. The van der Waals surface area contributed by atoms with Crippen LogP contribution in [0.25, 0.3) is 0 Å². The van der Waals surface area contributed by atoms with Gasteiger partial charge in [0.1, 0.15) is 6.61 Å². The fourth-order valence-corrected chi connectivity index (χ4v) is 4.27. The van der Waals surface area contributed by atoms with Crippen LogP contribution in [0.3, 0.4) is 0 Å². The van der Waals surface area contributed by atoms with Gasteiger partial charge in [0.05, 0.1) is 5.60 Å². The Labute approximate surface area is 185 Å². The minimum atomic E-state index is -1.82. The molecule has 0 saturated heterocycles. The zero-order chi connectivity index (χ0) is 23.7. The summed E-state index contributed by atoms with van der Waals surface area (Å²) in [5.74, 6) is -3.34. The Morgan fingerprint density at radius 2 is 1.74 bits per heavy atom. The molecule has 0 aromatic carbocycles. The van der Waals surface area contributed by atoms with Crippen LogP contribution in [0.2, 0.25) is 0 Å². The van der Waals surface area contributed by atoms with E-state index in [9.17, 15) is 5.11 Å². The van der Waals surface area contributed by atoms with E-state index in [2.05, 4.69) is 42.1 Å². The molecule has 0 unspecified atom stereocenters. The van der Waals surface area contributed by atoms with Crippen LogP contribution in [-0.2, 0) is 14.4 Å². The number of carbonyl (C=O) groups is 2. The molecule has 31 heavy (non-hydrogen) atoms. The topological polar surface area (TPSA) is 123 Å². The predicted molar refractivity (Wildman–Crippen MR) is 119 cm³/mol. The third-order valence-corrected chi connectivity index (χ3v) is 6.37. The number of hydrogen-bond donors (Lipinski definition) is 3. The molecule has 0 aromatic rings. The number of aliphatic hydroxyl groups is 1. The second kappa shape index (κ2) is 12.2. The van der Waals surface area contributed by atoms with Crippen molar-refractivity contribution in [2.24, 2.45) is 16.5 Å². The molecular formula is C22H39N3O6. The summed E-state index contributed by atoms with van der Waals surface area (Å²) in [5, 5.41) is 30.3. The molecule has 0 spiro atoms. The van der Waals surface area contributed by atoms with Gasteiger partial charge in [0.2, 0.25) is 0 Å². The van der Waals surface area contributed by atoms with Crippen molar-refractivity contribution in [1.82, 2.24) is 9.80 Å². The van der Waals surface area contributed by atoms with Gasteiger partial charge in [-0.25, -0.2) is 9.59 Å². The van der Waals surface area contributed by atoms with Crippen molar-refractivity contribution in [2.75, 3.05) is 47.9 Å². The lowest BCUT2D eigenvalue weighted by molar-refractivity contribution is -0.159. The molecule has 2 fully saturated rings. The van der Waals surface area contributed by atoms with Gasteiger partial charge in [-0.1, -0.05) is 23.7 Å². The maximum absolute atomic E-state index is 11.3. The van der Waals surface area contributed by atoms with Crippen molar-refractivity contribution >= 4 is 18.2 Å². The van der Waals surface area contributed by atoms with Gasteiger partial charge in [-0.2, -0.15) is 0 Å². The zero-order valence-electron chi connectivity index (χ0n) is 19.5. The monoisotopic (exact) mass is 441 g/mol. The number of hydrogen-bond acceptors (Lipinski definition) is 7. The average molecular weight is 442 g/mol. The maximum Gasteiger partial charge on any atom is 0.414 e. The van der Waals surface area contributed by atoms with E-state index < -0.39 is 17.5 Å². The van der Waals surface area contributed by atoms with E-state index in [1.165, 1.54) is 5.57 Å². The Morgan fingerprint density at radius 3 is 2.29 bits per heavy atom. The lowest BCUT2D eigenvalue weighted by atomic mass is 9.61. The molecule has 0 amide bonds. The average Bonchev–Trinajstić information content (AvgIpc) is 2.92. The summed E-state index contributed by atoms with van der Waals surface area (Å²) in [6.45, 7) is 4.78. The van der Waals surface area contributed by atoms with Crippen LogP contribution in [0, 0.1) is 11.3 Å². The van der Waals surface area contributed by atoms with Gasteiger partial charge in [-0.15, -0.1) is 0 Å². The van der Waals surface area contributed by atoms with E-state index in [1.807, 2.05) is 20.3 Å². The Morgan fingerprint density at radius 1 is 1.13 bits per heavy atom. The molecule has 3 N–H and O–H groups in total. The molecule has 2 saturated carbocycles. The largest absolute Gasteiger partial charge is 0.473 e. The van der Waals surface area contributed by atoms with Crippen molar-refractivity contribution in [3.05, 3.63) is 11.6 Å². The van der Waals surface area contributed by atoms with Gasteiger partial charge >= 0.3 is 11.9 Å². The molecule has 0 radical (unpaired) electrons. The second-order valence-electron chi connectivity index (χ2n) is 9.23. The van der Waals surface area contributed by atoms with E-state index in [-0.39, 0.29) is 5.41 Å². The van der Waals surface area contributed by atoms with Gasteiger partial charge in [-0.05, 0) is 66.7 Å². The van der Waals surface area contributed by atoms with E-state index in [4.69, 9.17) is 24.6 Å². The molecule has 0 aliphatic heterocycles. The number of carboxylic acid groups (broad SMARTS) is 2. The third kappa shape index (κ3) is 8.23. The normalized spacial score (nSPS) is 29.2. The summed E-state index contributed by atoms with van der Waals surface area (Å²) in [7, 11) is 8.25. The molecule has 2 aliphatic carbocycles. The second-order valence-corrected chi connectivity index (χ2v) is 9.23. The van der Waals surface area contributed by atoms with Crippen LogP contribution < -0.4 is 0 Å². The Hall–Kier alpha value is -1.97. The molecular weight excluding hydrogens is 402 g/mol. The number of likely N-dealkylation sites (N-methyl/N-ethyl adjacent to an activating group) is 1. The Bertz CT molecular complexity index is 652. The molecule has 9 heteroatoms. The van der Waals surface area contributed by atoms with Gasteiger partial charge in [0.15, 0.2) is 0 Å². The molecule has 3 atom stereocenters. The molecule has 2 aliphatic rings. The predicted octanol–water partition coefficient (Wildman–Crippen LogP) is 1.92. The Kier molecular flexibility index (Phi) is 10.6. The molecule has 9 nitrogen and oxygen atoms in total. The highest BCUT2D eigenvalue weighted by Crippen LogP contribution is 2.58. The summed E-state index contributed by atoms with van der Waals surface area (Å²) >= 11 is 0. The number of rotatable bonds is 8. The molecule has 178 valence electrons. The van der Waals surface area contributed by atoms with Crippen LogP contribution in [0.4, 0.5) is 0 Å². The fourth-order valence-electron chi connectivity index (χ4n) is 4.27. The molecule has 0 bridgehead atoms. The van der Waals surface area contributed by atoms with Crippen molar-refractivity contribution in [1.29, 1.82) is 0 Å². The maximum atomic E-state index is 11.3. The highest BCUT2D eigenvalue weighted by atomic mass is 16.6. The quantitative estimate of drug-likeness (QED) is 0.172. The van der Waals surface area contributed by atoms with Crippen molar-refractivity contribution in [3.63, 3.8) is 0 Å². The first-order valence-electron chi connectivity index (χ1n) is 10.7. The van der Waals surface area contributed by atoms with Gasteiger partial charge in [0, 0.05) is 30.6 Å². The number of nitrogens with zero attached hydrogens (tertiary/aromatic N) is 3. The van der Waals surface area contributed by atoms with E-state index >= 15 is 0 Å². The first kappa shape index (κ1) is 27.1. The first-order valence-corrected chi connectivity index (χ1v) is 10.7. The SMILES string of the molecule is CN(C)CC/C=C1/CC[C@]2(C)[C@@H](/C=N/OCCN(C)C)CC[C@]2(O)C1.O=C(O)C(=O)O. The van der Waals surface area contributed by atoms with Gasteiger partial charge in [-0.3, -0.25) is 0 Å². The van der Waals surface area contributed by atoms with Crippen molar-refractivity contribution < 1.29 is 29.7 Å². The summed E-state index contributed by atoms with van der Waals surface area (Å²) in [6.07, 6.45) is 10.2. The standard InChI is InChI=1S/C20H37N3O2.C2H2O4/c1-19-10-8-17(7-6-12-22(2)3)15-20(19,24)11-9-18(19)16-21-25-14-13-23(4)5;3-1(4)2(5)6/h7,16,18,24H,6,8-15H2,1-5H3;(H,3,4)(H,5,6)/b17-7-,21-16+;/t18-,19-,20+;/m1./s1. The Balaban J connectivity index is 0.000000703. The summed E-state index contributed by atoms with van der Waals surface area (Å²) < 4.78 is 0. The zero-order valence-corrected chi connectivity index (χ0v) is 19.5. The number of oxime groups is 1. The highest BCUT2D eigenvalue weighted by molar-refractivity contribution is 6.27. The first-order chi connectivity index (χ1) is 14.4. The van der Waals surface area contributed by atoms with Gasteiger partial charge in [0.25, 0.3) is 0 Å². The third-order valence-electron chi connectivity index (χ3n) is 6.37. The lowest BCUT2D eigenvalue weighted by Gasteiger charge is -2.47. The molecule has 0 aromatic heterocycles. The fraction of sp³-hybridized carbons (Fsp3) is 0.773. The van der Waals surface area contributed by atoms with Crippen LogP contribution in [0.5, 0.6) is 0 Å². The highest BCUT2D eigenvalue weighted by Gasteiger charge is 2.57. The lowest BCUT2D eigenvalue weighted by Crippen LogP contribution is -2.48. The van der Waals surface area contributed by atoms with Crippen LogP contribution >= 0.6 is 0 Å². The van der Waals surface area contributed by atoms with E-state index in [0.29, 0.717) is 12.5 Å². The summed E-state index contributed by atoms with van der Waals surface area (Å²) in [6, 6.07) is 0. The number of carboxylic acids is 2. The minimum absolute atomic E-state index is 0.0830. The summed E-state index contributed by atoms with van der Waals surface area (Å²) in [4.78, 5) is 27.9. The van der Waals surface area contributed by atoms with E-state index in [0.717, 1.165) is 51.6 Å². The van der Waals surface area contributed by atoms with Crippen molar-refractivity contribution in [2.45, 2.75) is 51.0 Å². The minimum Gasteiger partial charge on any atom is -0.473 e.